The van der Waals surface area contributed by atoms with Crippen LogP contribution < -0.4 is 4.90 Å². The molecular formula is C15H21NO2. The summed E-state index contributed by atoms with van der Waals surface area (Å²) in [7, 11) is 0. The zero-order valence-electron chi connectivity index (χ0n) is 11.5. The van der Waals surface area contributed by atoms with Crippen molar-refractivity contribution >= 4 is 11.7 Å². The highest BCUT2D eigenvalue weighted by atomic mass is 16.4. The number of anilines is 1. The van der Waals surface area contributed by atoms with E-state index in [0.717, 1.165) is 18.7 Å². The Hall–Kier alpha value is -1.51. The van der Waals surface area contributed by atoms with Gasteiger partial charge in [-0.05, 0) is 38.0 Å². The van der Waals surface area contributed by atoms with Crippen LogP contribution in [0.25, 0.3) is 0 Å². The highest BCUT2D eigenvalue weighted by molar-refractivity contribution is 5.82. The number of hydrogen-bond acceptors (Lipinski definition) is 2. The molecule has 1 aliphatic heterocycles. The fourth-order valence-electron chi connectivity index (χ4n) is 2.83. The lowest BCUT2D eigenvalue weighted by Gasteiger charge is -2.24. The highest BCUT2D eigenvalue weighted by Gasteiger charge is 2.36. The Morgan fingerprint density at radius 3 is 2.72 bits per heavy atom. The maximum Gasteiger partial charge on any atom is 0.313 e. The molecule has 0 aromatic heterocycles. The fourth-order valence-corrected chi connectivity index (χ4v) is 2.83. The Morgan fingerprint density at radius 2 is 2.17 bits per heavy atom. The van der Waals surface area contributed by atoms with E-state index in [0.29, 0.717) is 5.92 Å². The van der Waals surface area contributed by atoms with Crippen LogP contribution in [0.2, 0.25) is 0 Å². The normalized spacial score (nSPS) is 18.9. The molecule has 0 saturated carbocycles. The van der Waals surface area contributed by atoms with Crippen molar-refractivity contribution in [3.63, 3.8) is 0 Å². The van der Waals surface area contributed by atoms with E-state index in [-0.39, 0.29) is 0 Å². The number of carboxylic acids is 1. The summed E-state index contributed by atoms with van der Waals surface area (Å²) in [5.41, 5.74) is 2.54. The number of carbonyl (C=O) groups is 1. The van der Waals surface area contributed by atoms with E-state index in [1.54, 1.807) is 13.8 Å². The van der Waals surface area contributed by atoms with Crippen molar-refractivity contribution in [3.05, 3.63) is 29.3 Å². The van der Waals surface area contributed by atoms with Crippen molar-refractivity contribution in [1.29, 1.82) is 0 Å². The number of nitrogens with zero attached hydrogens (tertiary/aromatic N) is 1. The maximum atomic E-state index is 11.5. The number of aliphatic carboxylic acids is 1. The molecule has 1 aromatic carbocycles. The number of rotatable bonds is 3. The van der Waals surface area contributed by atoms with Crippen molar-refractivity contribution in [2.75, 3.05) is 18.0 Å². The molecule has 0 aliphatic carbocycles. The van der Waals surface area contributed by atoms with Gasteiger partial charge in [-0.1, -0.05) is 19.1 Å². The predicted molar refractivity (Wildman–Crippen MR) is 73.4 cm³/mol. The first-order chi connectivity index (χ1) is 8.39. The quantitative estimate of drug-likeness (QED) is 0.892. The Labute approximate surface area is 108 Å². The molecule has 0 spiro atoms. The third-order valence-corrected chi connectivity index (χ3v) is 4.00. The summed E-state index contributed by atoms with van der Waals surface area (Å²) in [5.74, 6) is -0.368. The van der Waals surface area contributed by atoms with E-state index in [4.69, 9.17) is 0 Å². The second-order valence-corrected chi connectivity index (χ2v) is 5.61. The van der Waals surface area contributed by atoms with Crippen molar-refractivity contribution < 1.29 is 9.90 Å². The zero-order chi connectivity index (χ0) is 13.5. The van der Waals surface area contributed by atoms with Crippen LogP contribution in [0.5, 0.6) is 0 Å². The Kier molecular flexibility index (Phi) is 3.09. The summed E-state index contributed by atoms with van der Waals surface area (Å²) in [4.78, 5) is 13.8. The average molecular weight is 247 g/mol. The summed E-state index contributed by atoms with van der Waals surface area (Å²) in [6.45, 7) is 9.83. The third-order valence-electron chi connectivity index (χ3n) is 4.00. The minimum atomic E-state index is -0.830. The molecule has 3 heteroatoms. The molecular weight excluding hydrogens is 226 g/mol. The van der Waals surface area contributed by atoms with Crippen molar-refractivity contribution in [1.82, 2.24) is 0 Å². The van der Waals surface area contributed by atoms with Crippen LogP contribution in [-0.2, 0) is 10.2 Å². The van der Waals surface area contributed by atoms with Gasteiger partial charge in [-0.2, -0.15) is 0 Å². The van der Waals surface area contributed by atoms with E-state index in [1.165, 1.54) is 11.3 Å². The molecule has 1 aliphatic rings. The fraction of sp³-hybridized carbons (Fsp3) is 0.533. The topological polar surface area (TPSA) is 40.5 Å². The number of carboxylic acid groups (broad SMARTS) is 1. The number of fused-ring (bicyclic) bond motifs is 1. The van der Waals surface area contributed by atoms with Crippen LogP contribution in [0.3, 0.4) is 0 Å². The van der Waals surface area contributed by atoms with Gasteiger partial charge in [0.05, 0.1) is 5.41 Å². The largest absolute Gasteiger partial charge is 0.481 e. The van der Waals surface area contributed by atoms with Crippen molar-refractivity contribution in [3.8, 4) is 0 Å². The first-order valence-corrected chi connectivity index (χ1v) is 6.51. The molecule has 2 rings (SSSR count). The van der Waals surface area contributed by atoms with Crippen LogP contribution in [0, 0.1) is 0 Å². The third kappa shape index (κ3) is 1.78. The summed E-state index contributed by atoms with van der Waals surface area (Å²) >= 11 is 0. The lowest BCUT2D eigenvalue weighted by Crippen LogP contribution is -2.29. The molecule has 1 heterocycles. The van der Waals surface area contributed by atoms with Crippen LogP contribution in [0.1, 0.15) is 44.7 Å². The van der Waals surface area contributed by atoms with Gasteiger partial charge in [-0.3, -0.25) is 4.79 Å². The van der Waals surface area contributed by atoms with Crippen molar-refractivity contribution in [2.45, 2.75) is 39.0 Å². The molecule has 3 nitrogen and oxygen atoms in total. The minimum absolute atomic E-state index is 0.398. The van der Waals surface area contributed by atoms with E-state index in [9.17, 15) is 9.90 Å². The van der Waals surface area contributed by atoms with Gasteiger partial charge in [-0.15, -0.1) is 0 Å². The van der Waals surface area contributed by atoms with Gasteiger partial charge in [0.25, 0.3) is 0 Å². The summed E-state index contributed by atoms with van der Waals surface area (Å²) in [6, 6.07) is 6.03. The van der Waals surface area contributed by atoms with Crippen LogP contribution >= 0.6 is 0 Å². The van der Waals surface area contributed by atoms with Crippen LogP contribution in [-0.4, -0.2) is 24.2 Å². The lowest BCUT2D eigenvalue weighted by atomic mass is 9.79. The standard InChI is InChI=1S/C15H21NO2/c1-5-16-9-10(2)13-11(7-6-8-12(13)16)15(3,4)14(17)18/h6-8,10H,5,9H2,1-4H3,(H,17,18). The van der Waals surface area contributed by atoms with Gasteiger partial charge in [0.15, 0.2) is 0 Å². The van der Waals surface area contributed by atoms with Gasteiger partial charge in [0, 0.05) is 24.7 Å². The van der Waals surface area contributed by atoms with Gasteiger partial charge < -0.3 is 10.0 Å². The summed E-state index contributed by atoms with van der Waals surface area (Å²) < 4.78 is 0. The predicted octanol–water partition coefficient (Wildman–Crippen LogP) is 2.99. The second-order valence-electron chi connectivity index (χ2n) is 5.61. The van der Waals surface area contributed by atoms with E-state index >= 15 is 0 Å². The molecule has 1 unspecified atom stereocenters. The van der Waals surface area contributed by atoms with E-state index in [2.05, 4.69) is 24.8 Å². The molecule has 1 atom stereocenters. The average Bonchev–Trinajstić information content (AvgIpc) is 2.66. The van der Waals surface area contributed by atoms with Gasteiger partial charge in [0.1, 0.15) is 0 Å². The molecule has 0 amide bonds. The van der Waals surface area contributed by atoms with Gasteiger partial charge >= 0.3 is 5.97 Å². The Balaban J connectivity index is 2.59. The molecule has 0 saturated heterocycles. The molecule has 0 radical (unpaired) electrons. The molecule has 98 valence electrons. The molecule has 1 aromatic rings. The number of benzene rings is 1. The number of hydrogen-bond donors (Lipinski definition) is 1. The highest BCUT2D eigenvalue weighted by Crippen LogP contribution is 2.42. The van der Waals surface area contributed by atoms with E-state index < -0.39 is 11.4 Å². The maximum absolute atomic E-state index is 11.5. The monoisotopic (exact) mass is 247 g/mol. The first kappa shape index (κ1) is 12.9. The van der Waals surface area contributed by atoms with Crippen molar-refractivity contribution in [2.24, 2.45) is 0 Å². The van der Waals surface area contributed by atoms with Crippen LogP contribution in [0.4, 0.5) is 5.69 Å². The van der Waals surface area contributed by atoms with Gasteiger partial charge in [-0.25, -0.2) is 0 Å². The van der Waals surface area contributed by atoms with Crippen LogP contribution in [0.15, 0.2) is 18.2 Å². The van der Waals surface area contributed by atoms with Gasteiger partial charge in [0.2, 0.25) is 0 Å². The molecule has 18 heavy (non-hydrogen) atoms. The molecule has 0 bridgehead atoms. The first-order valence-electron chi connectivity index (χ1n) is 6.51. The number of likely N-dealkylation sites (N-methyl/N-ethyl adjacent to an activating group) is 1. The Morgan fingerprint density at radius 1 is 1.50 bits per heavy atom. The SMILES string of the molecule is CCN1CC(C)c2c1cccc2C(C)(C)C(=O)O. The second kappa shape index (κ2) is 4.30. The summed E-state index contributed by atoms with van der Waals surface area (Å²) in [5, 5.41) is 9.42. The lowest BCUT2D eigenvalue weighted by molar-refractivity contribution is -0.142. The minimum Gasteiger partial charge on any atom is -0.481 e. The summed E-state index contributed by atoms with van der Waals surface area (Å²) in [6.07, 6.45) is 0. The zero-order valence-corrected chi connectivity index (χ0v) is 11.5. The molecule has 1 N–H and O–H groups in total. The van der Waals surface area contributed by atoms with E-state index in [1.807, 2.05) is 12.1 Å². The smallest absolute Gasteiger partial charge is 0.313 e. The Bertz CT molecular complexity index is 479. The molecule has 0 fully saturated rings.